The summed E-state index contributed by atoms with van der Waals surface area (Å²) in [5.41, 5.74) is 0.203. The number of hydrogen-bond acceptors (Lipinski definition) is 5. The van der Waals surface area contributed by atoms with Gasteiger partial charge in [-0.05, 0) is 12.1 Å². The molecular formula is C11H6Cl2N2O5S. The normalized spacial score (nSPS) is 15.8. The first-order valence-corrected chi connectivity index (χ1v) is 7.74. The number of nitrogens with one attached hydrogen (secondary N) is 1. The number of imide groups is 1. The van der Waals surface area contributed by atoms with Gasteiger partial charge in [-0.3, -0.25) is 10.1 Å². The predicted molar refractivity (Wildman–Crippen MR) is 73.7 cm³/mol. The molecule has 0 atom stereocenters. The van der Waals surface area contributed by atoms with Crippen LogP contribution in [0.5, 0.6) is 0 Å². The number of hydrogen-bond donors (Lipinski definition) is 1. The van der Waals surface area contributed by atoms with E-state index >= 15 is 0 Å². The summed E-state index contributed by atoms with van der Waals surface area (Å²) in [4.78, 5) is 22.6. The zero-order valence-corrected chi connectivity index (χ0v) is 12.4. The molecule has 0 radical (unpaired) electrons. The number of furan rings is 1. The van der Waals surface area contributed by atoms with Gasteiger partial charge in [0.25, 0.3) is 0 Å². The second-order valence-corrected chi connectivity index (χ2v) is 6.78. The third kappa shape index (κ3) is 2.15. The van der Waals surface area contributed by atoms with Crippen LogP contribution in [0.25, 0.3) is 11.0 Å². The van der Waals surface area contributed by atoms with Gasteiger partial charge >= 0.3 is 16.1 Å². The van der Waals surface area contributed by atoms with Gasteiger partial charge in [0, 0.05) is 11.5 Å². The first-order valence-electron chi connectivity index (χ1n) is 5.55. The van der Waals surface area contributed by atoms with Gasteiger partial charge < -0.3 is 4.42 Å². The maximum absolute atomic E-state index is 12.3. The van der Waals surface area contributed by atoms with Crippen LogP contribution in [-0.2, 0) is 14.8 Å². The van der Waals surface area contributed by atoms with Gasteiger partial charge in [-0.2, -0.15) is 8.42 Å². The minimum absolute atomic E-state index is 0.140. The maximum Gasteiger partial charge on any atom is 0.338 e. The molecule has 3 rings (SSSR count). The molecule has 1 fully saturated rings. The Kier molecular flexibility index (Phi) is 3.12. The summed E-state index contributed by atoms with van der Waals surface area (Å²) in [6.45, 7) is -0.591. The lowest BCUT2D eigenvalue weighted by Crippen LogP contribution is -2.33. The number of fused-ring (bicyclic) bond motifs is 1. The largest absolute Gasteiger partial charge is 0.443 e. The van der Waals surface area contributed by atoms with E-state index < -0.39 is 33.6 Å². The topological polar surface area (TPSA) is 96.7 Å². The smallest absolute Gasteiger partial charge is 0.338 e. The van der Waals surface area contributed by atoms with Crippen LogP contribution in [0.1, 0.15) is 0 Å². The van der Waals surface area contributed by atoms with Crippen molar-refractivity contribution in [1.29, 1.82) is 0 Å². The van der Waals surface area contributed by atoms with Crippen LogP contribution in [0.2, 0.25) is 10.0 Å². The number of halogens is 2. The van der Waals surface area contributed by atoms with Crippen molar-refractivity contribution >= 4 is 56.1 Å². The van der Waals surface area contributed by atoms with Crippen molar-refractivity contribution in [1.82, 2.24) is 9.62 Å². The minimum Gasteiger partial charge on any atom is -0.443 e. The molecule has 10 heteroatoms. The molecule has 0 spiro atoms. The van der Waals surface area contributed by atoms with Gasteiger partial charge in [-0.25, -0.2) is 9.10 Å². The van der Waals surface area contributed by atoms with E-state index in [1.165, 1.54) is 12.1 Å². The highest BCUT2D eigenvalue weighted by Crippen LogP contribution is 2.34. The second-order valence-electron chi connectivity index (χ2n) is 4.20. The van der Waals surface area contributed by atoms with Gasteiger partial charge in [0.05, 0.1) is 10.0 Å². The maximum atomic E-state index is 12.3. The molecule has 21 heavy (non-hydrogen) atoms. The van der Waals surface area contributed by atoms with E-state index in [0.717, 1.165) is 6.07 Å². The molecule has 1 aliphatic rings. The number of amides is 3. The van der Waals surface area contributed by atoms with Gasteiger partial charge in [0.15, 0.2) is 0 Å². The lowest BCUT2D eigenvalue weighted by Gasteiger charge is -2.10. The van der Waals surface area contributed by atoms with Crippen molar-refractivity contribution < 1.29 is 22.4 Å². The van der Waals surface area contributed by atoms with E-state index in [2.05, 4.69) is 0 Å². The van der Waals surface area contributed by atoms with Gasteiger partial charge in [-0.15, -0.1) is 0 Å². The number of urea groups is 1. The lowest BCUT2D eigenvalue weighted by atomic mass is 10.2. The molecule has 1 aliphatic heterocycles. The van der Waals surface area contributed by atoms with E-state index in [1.54, 1.807) is 0 Å². The number of benzene rings is 1. The Labute approximate surface area is 128 Å². The third-order valence-corrected chi connectivity index (χ3v) is 5.27. The van der Waals surface area contributed by atoms with Crippen LogP contribution in [0, 0.1) is 0 Å². The fraction of sp³-hybridized carbons (Fsp3) is 0.0909. The Morgan fingerprint density at radius 2 is 1.95 bits per heavy atom. The van der Waals surface area contributed by atoms with Crippen LogP contribution in [0.3, 0.4) is 0 Å². The summed E-state index contributed by atoms with van der Waals surface area (Å²) < 4.78 is 30.2. The molecule has 110 valence electrons. The summed E-state index contributed by atoms with van der Waals surface area (Å²) in [5, 5.41) is 2.06. The summed E-state index contributed by atoms with van der Waals surface area (Å²) in [5.74, 6) is -0.708. The third-order valence-electron chi connectivity index (χ3n) is 2.87. The molecule has 0 aliphatic carbocycles. The Balaban J connectivity index is 2.14. The monoisotopic (exact) mass is 348 g/mol. The first-order chi connectivity index (χ1) is 9.80. The second kappa shape index (κ2) is 4.62. The molecule has 0 saturated carbocycles. The average Bonchev–Trinajstić information content (AvgIpc) is 2.98. The fourth-order valence-corrected chi connectivity index (χ4v) is 3.49. The zero-order valence-electron chi connectivity index (χ0n) is 10.1. The fourth-order valence-electron chi connectivity index (χ4n) is 1.88. The summed E-state index contributed by atoms with van der Waals surface area (Å²) in [6.07, 6.45) is 0. The summed E-state index contributed by atoms with van der Waals surface area (Å²) in [7, 11) is -4.28. The minimum atomic E-state index is -4.28. The van der Waals surface area contributed by atoms with Crippen molar-refractivity contribution in [3.05, 3.63) is 28.2 Å². The first kappa shape index (κ1) is 14.2. The lowest BCUT2D eigenvalue weighted by molar-refractivity contribution is -0.118. The van der Waals surface area contributed by atoms with E-state index in [0.29, 0.717) is 9.69 Å². The number of rotatable bonds is 2. The zero-order chi connectivity index (χ0) is 15.4. The highest BCUT2D eigenvalue weighted by molar-refractivity contribution is 7.89. The van der Waals surface area contributed by atoms with Crippen LogP contribution >= 0.6 is 23.2 Å². The average molecular weight is 349 g/mol. The Morgan fingerprint density at radius 1 is 1.24 bits per heavy atom. The van der Waals surface area contributed by atoms with Crippen molar-refractivity contribution in [3.63, 3.8) is 0 Å². The van der Waals surface area contributed by atoms with E-state index in [-0.39, 0.29) is 15.6 Å². The van der Waals surface area contributed by atoms with Crippen molar-refractivity contribution in [2.45, 2.75) is 5.09 Å². The molecule has 1 saturated heterocycles. The Bertz CT molecular complexity index is 889. The predicted octanol–water partition coefficient (Wildman–Crippen LogP) is 1.98. The molecule has 7 nitrogen and oxygen atoms in total. The van der Waals surface area contributed by atoms with Crippen LogP contribution < -0.4 is 5.32 Å². The molecule has 1 aromatic carbocycles. The molecule has 1 aromatic heterocycles. The van der Waals surface area contributed by atoms with Crippen LogP contribution in [0.15, 0.2) is 27.7 Å². The quantitative estimate of drug-likeness (QED) is 0.837. The molecule has 0 unspecified atom stereocenters. The summed E-state index contributed by atoms with van der Waals surface area (Å²) in [6, 6.07) is 3.05. The van der Waals surface area contributed by atoms with Crippen molar-refractivity contribution in [3.8, 4) is 0 Å². The molecule has 2 heterocycles. The molecule has 3 amide bonds. The summed E-state index contributed by atoms with van der Waals surface area (Å²) >= 11 is 11.8. The molecule has 0 bridgehead atoms. The number of carbonyl (C=O) groups excluding carboxylic acids is 2. The molecule has 1 N–H and O–H groups in total. The van der Waals surface area contributed by atoms with Gasteiger partial charge in [0.1, 0.15) is 12.1 Å². The molecule has 2 aromatic rings. The SMILES string of the molecule is O=C1CN(S(=O)(=O)c2cc3c(Cl)c(Cl)ccc3o2)C(=O)N1. The van der Waals surface area contributed by atoms with E-state index in [4.69, 9.17) is 27.6 Å². The standard InChI is InChI=1S/C11H6Cl2N2O5S/c12-6-1-2-7-5(10(6)13)3-9(20-7)21(18,19)15-4-8(16)14-11(15)17/h1-3H,4H2,(H,14,16,17). The van der Waals surface area contributed by atoms with Crippen molar-refractivity contribution in [2.24, 2.45) is 0 Å². The van der Waals surface area contributed by atoms with E-state index in [1.807, 2.05) is 5.32 Å². The van der Waals surface area contributed by atoms with Gasteiger partial charge in [0.2, 0.25) is 11.0 Å². The number of nitrogens with zero attached hydrogens (tertiary/aromatic N) is 1. The van der Waals surface area contributed by atoms with E-state index in [9.17, 15) is 18.0 Å². The molecular weight excluding hydrogens is 343 g/mol. The highest BCUT2D eigenvalue weighted by Gasteiger charge is 2.39. The number of carbonyl (C=O) groups is 2. The highest BCUT2D eigenvalue weighted by atomic mass is 35.5. The van der Waals surface area contributed by atoms with Crippen molar-refractivity contribution in [2.75, 3.05) is 6.54 Å². The number of sulfonamides is 1. The van der Waals surface area contributed by atoms with Crippen LogP contribution in [-0.4, -0.2) is 31.2 Å². The van der Waals surface area contributed by atoms with Crippen LogP contribution in [0.4, 0.5) is 4.79 Å². The Hall–Kier alpha value is -1.77. The Morgan fingerprint density at radius 3 is 2.57 bits per heavy atom. The van der Waals surface area contributed by atoms with Gasteiger partial charge in [-0.1, -0.05) is 23.2 Å².